The minimum absolute atomic E-state index is 0. The van der Waals surface area contributed by atoms with Crippen molar-refractivity contribution >= 4 is 15.2 Å². The molecule has 0 saturated carbocycles. The van der Waals surface area contributed by atoms with Crippen LogP contribution in [0.1, 0.15) is 6.42 Å². The molecular formula is C6H15AlClN. The molecule has 9 heavy (non-hydrogen) atoms. The molecule has 0 aliphatic rings. The van der Waals surface area contributed by atoms with Gasteiger partial charge in [0.05, 0.1) is 0 Å². The second kappa shape index (κ2) is 8.78. The Labute approximate surface area is 70.9 Å². The van der Waals surface area contributed by atoms with Crippen LogP contribution >= 0.6 is 0 Å². The minimum atomic E-state index is 0. The van der Waals surface area contributed by atoms with Crippen LogP contribution in [0.25, 0.3) is 0 Å². The largest absolute Gasteiger partial charge is 1.00 e. The molecule has 54 valence electrons. The van der Waals surface area contributed by atoms with Gasteiger partial charge in [0.25, 0.3) is 0 Å². The summed E-state index contributed by atoms with van der Waals surface area (Å²) in [4.78, 5) is 2.25. The quantitative estimate of drug-likeness (QED) is 0.346. The number of halogens is 1. The van der Waals surface area contributed by atoms with Crippen LogP contribution in [0.4, 0.5) is 0 Å². The van der Waals surface area contributed by atoms with Gasteiger partial charge in [-0.05, 0) is 0 Å². The first-order chi connectivity index (χ1) is 3.77. The second-order valence-electron chi connectivity index (χ2n) is 2.35. The van der Waals surface area contributed by atoms with Crippen molar-refractivity contribution in [3.05, 3.63) is 0 Å². The van der Waals surface area contributed by atoms with Gasteiger partial charge in [0.1, 0.15) is 0 Å². The average molecular weight is 164 g/mol. The van der Waals surface area contributed by atoms with E-state index in [0.29, 0.717) is 0 Å². The fourth-order valence-corrected chi connectivity index (χ4v) is 1.20. The molecule has 0 fully saturated rings. The molecule has 0 aromatic heterocycles. The van der Waals surface area contributed by atoms with E-state index in [0.717, 1.165) is 15.2 Å². The fraction of sp³-hybridized carbons (Fsp3) is 1.00. The molecule has 0 N–H and O–H groups in total. The van der Waals surface area contributed by atoms with E-state index in [1.807, 2.05) is 0 Å². The number of hydrogen-bond acceptors (Lipinski definition) is 1. The van der Waals surface area contributed by atoms with Crippen LogP contribution in [-0.2, 0) is 0 Å². The predicted octanol–water partition coefficient (Wildman–Crippen LogP) is -1.89. The van der Waals surface area contributed by atoms with Crippen molar-refractivity contribution < 1.29 is 12.4 Å². The van der Waals surface area contributed by atoms with Gasteiger partial charge < -0.3 is 12.4 Å². The number of hydrogen-bond donors (Lipinski definition) is 0. The van der Waals surface area contributed by atoms with Crippen LogP contribution in [0, 0.1) is 0 Å². The van der Waals surface area contributed by atoms with Gasteiger partial charge in [0.15, 0.2) is 0 Å². The zero-order chi connectivity index (χ0) is 6.41. The molecular weight excluding hydrogens is 149 g/mol. The van der Waals surface area contributed by atoms with Crippen molar-refractivity contribution in [1.29, 1.82) is 0 Å². The van der Waals surface area contributed by atoms with E-state index < -0.39 is 0 Å². The summed E-state index contributed by atoms with van der Waals surface area (Å²) in [6.45, 7) is 1.26. The van der Waals surface area contributed by atoms with Crippen molar-refractivity contribution in [2.45, 2.75) is 17.5 Å². The zero-order valence-corrected chi connectivity index (χ0v) is 8.43. The Morgan fingerprint density at radius 1 is 1.33 bits per heavy atom. The van der Waals surface area contributed by atoms with Gasteiger partial charge in [0, 0.05) is 0 Å². The van der Waals surface area contributed by atoms with E-state index in [1.165, 1.54) is 18.2 Å². The Balaban J connectivity index is 0. The van der Waals surface area contributed by atoms with Crippen molar-refractivity contribution in [3.63, 3.8) is 0 Å². The zero-order valence-electron chi connectivity index (χ0n) is 6.52. The van der Waals surface area contributed by atoms with E-state index in [1.54, 1.807) is 0 Å². The molecule has 0 aromatic rings. The monoisotopic (exact) mass is 163 g/mol. The molecule has 0 aliphatic carbocycles. The van der Waals surface area contributed by atoms with E-state index >= 15 is 0 Å². The van der Waals surface area contributed by atoms with Gasteiger partial charge in [-0.25, -0.2) is 0 Å². The van der Waals surface area contributed by atoms with Gasteiger partial charge in [0.2, 0.25) is 0 Å². The third-order valence-corrected chi connectivity index (χ3v) is 2.08. The van der Waals surface area contributed by atoms with Gasteiger partial charge >= 0.3 is 58.2 Å². The van der Waals surface area contributed by atoms with E-state index in [4.69, 9.17) is 0 Å². The van der Waals surface area contributed by atoms with Gasteiger partial charge in [-0.15, -0.1) is 0 Å². The Bertz CT molecular complexity index is 50.3. The van der Waals surface area contributed by atoms with Crippen molar-refractivity contribution in [2.24, 2.45) is 0 Å². The molecule has 0 amide bonds. The molecule has 0 spiro atoms. The number of nitrogens with zero attached hydrogens (tertiary/aromatic N) is 1. The Morgan fingerprint density at radius 3 is 2.22 bits per heavy atom. The van der Waals surface area contributed by atoms with Crippen LogP contribution in [0.5, 0.6) is 0 Å². The SMILES string of the molecule is [CH3][Al+][CH2]CCN(C)C.[Cl-]. The van der Waals surface area contributed by atoms with Crippen LogP contribution < -0.4 is 12.4 Å². The molecule has 1 nitrogen and oxygen atoms in total. The molecule has 0 aromatic carbocycles. The summed E-state index contributed by atoms with van der Waals surface area (Å²) in [6.07, 6.45) is 1.39. The maximum absolute atomic E-state index is 2.32. The summed E-state index contributed by atoms with van der Waals surface area (Å²) >= 11 is 0.737. The first-order valence-electron chi connectivity index (χ1n) is 3.20. The molecule has 0 heterocycles. The summed E-state index contributed by atoms with van der Waals surface area (Å²) < 4.78 is 0. The first kappa shape index (κ1) is 12.5. The topological polar surface area (TPSA) is 3.24 Å². The summed E-state index contributed by atoms with van der Waals surface area (Å²) in [6, 6.07) is 0. The predicted molar refractivity (Wildman–Crippen MR) is 39.6 cm³/mol. The fourth-order valence-electron chi connectivity index (χ4n) is 0.612. The summed E-state index contributed by atoms with van der Waals surface area (Å²) in [7, 11) is 4.26. The standard InChI is InChI=1S/C5H12N.CH3.Al.ClH/c1-4-5-6(2)3;;;/h1,4-5H2,2-3H3;1H3;;1H/q;;+1;/p-1. The normalized spacial score (nSPS) is 8.44. The molecule has 3 heteroatoms. The average Bonchev–Trinajstić information content (AvgIpc) is 1.66. The van der Waals surface area contributed by atoms with E-state index in [-0.39, 0.29) is 12.4 Å². The Hall–Kier alpha value is 0.782. The molecule has 0 bridgehead atoms. The van der Waals surface area contributed by atoms with Crippen LogP contribution in [-0.4, -0.2) is 40.8 Å². The molecule has 0 unspecified atom stereocenters. The molecule has 0 rings (SSSR count). The molecule has 0 saturated heterocycles. The number of rotatable bonds is 4. The van der Waals surface area contributed by atoms with Gasteiger partial charge in [-0.1, -0.05) is 0 Å². The van der Waals surface area contributed by atoms with E-state index in [2.05, 4.69) is 24.8 Å². The summed E-state index contributed by atoms with van der Waals surface area (Å²) in [5.41, 5.74) is 0. The molecule has 0 radical (unpaired) electrons. The van der Waals surface area contributed by atoms with E-state index in [9.17, 15) is 0 Å². The Morgan fingerprint density at radius 2 is 1.89 bits per heavy atom. The maximum atomic E-state index is 2.32. The van der Waals surface area contributed by atoms with Crippen LogP contribution in [0.3, 0.4) is 0 Å². The van der Waals surface area contributed by atoms with Crippen molar-refractivity contribution in [1.82, 2.24) is 4.90 Å². The summed E-state index contributed by atoms with van der Waals surface area (Å²) in [5.74, 6) is 2.32. The first-order valence-corrected chi connectivity index (χ1v) is 5.17. The third-order valence-electron chi connectivity index (χ3n) is 1.10. The van der Waals surface area contributed by atoms with Gasteiger partial charge in [-0.3, -0.25) is 0 Å². The maximum Gasteiger partial charge on any atom is -1.00 e. The summed E-state index contributed by atoms with van der Waals surface area (Å²) in [5, 5.41) is 1.46. The minimum Gasteiger partial charge on any atom is -1.00 e. The molecule has 0 aliphatic heterocycles. The van der Waals surface area contributed by atoms with Crippen LogP contribution in [0.15, 0.2) is 0 Å². The Kier molecular flexibility index (Phi) is 12.2. The third kappa shape index (κ3) is 12.1. The van der Waals surface area contributed by atoms with Crippen molar-refractivity contribution in [3.8, 4) is 0 Å². The smallest absolute Gasteiger partial charge is 1.00 e. The van der Waals surface area contributed by atoms with Crippen LogP contribution in [0.2, 0.25) is 11.1 Å². The van der Waals surface area contributed by atoms with Gasteiger partial charge in [-0.2, -0.15) is 0 Å². The molecule has 0 atom stereocenters. The van der Waals surface area contributed by atoms with Crippen molar-refractivity contribution in [2.75, 3.05) is 20.6 Å². The second-order valence-corrected chi connectivity index (χ2v) is 3.75.